The van der Waals surface area contributed by atoms with Crippen molar-refractivity contribution in [1.29, 1.82) is 0 Å². The van der Waals surface area contributed by atoms with Gasteiger partial charge in [-0.05, 0) is 18.2 Å². The molecule has 0 fully saturated rings. The van der Waals surface area contributed by atoms with E-state index in [4.69, 9.17) is 11.2 Å². The van der Waals surface area contributed by atoms with Gasteiger partial charge in [0.15, 0.2) is 0 Å². The average Bonchev–Trinajstić information content (AvgIpc) is 2.40. The van der Waals surface area contributed by atoms with Crippen LogP contribution in [0.5, 0.6) is 5.75 Å². The number of benzene rings is 1. The summed E-state index contributed by atoms with van der Waals surface area (Å²) in [6.07, 6.45) is 0.847. The lowest BCUT2D eigenvalue weighted by Gasteiger charge is -2.12. The Kier molecular flexibility index (Phi) is 7.57. The van der Waals surface area contributed by atoms with E-state index in [9.17, 15) is 13.2 Å². The summed E-state index contributed by atoms with van der Waals surface area (Å²) in [7, 11) is 0. The maximum Gasteiger partial charge on any atom is 0.411 e. The van der Waals surface area contributed by atoms with Gasteiger partial charge in [0.05, 0.1) is 6.61 Å². The number of ether oxygens (including phenoxy) is 2. The van der Waals surface area contributed by atoms with Gasteiger partial charge in [-0.3, -0.25) is 0 Å². The molecular weight excluding hydrogens is 351 g/mol. The van der Waals surface area contributed by atoms with E-state index in [0.29, 0.717) is 18.8 Å². The lowest BCUT2D eigenvalue weighted by Crippen LogP contribution is -2.23. The van der Waals surface area contributed by atoms with E-state index in [1.165, 1.54) is 0 Å². The van der Waals surface area contributed by atoms with Gasteiger partial charge in [-0.15, -0.1) is 6.42 Å². The van der Waals surface area contributed by atoms with Gasteiger partial charge in [-0.2, -0.15) is 13.2 Å². The van der Waals surface area contributed by atoms with Crippen LogP contribution < -0.4 is 10.1 Å². The van der Waals surface area contributed by atoms with E-state index in [-0.39, 0.29) is 13.2 Å². The summed E-state index contributed by atoms with van der Waals surface area (Å²) < 4.78 is 46.3. The van der Waals surface area contributed by atoms with Crippen LogP contribution in [0, 0.1) is 12.3 Å². The van der Waals surface area contributed by atoms with Crippen molar-refractivity contribution in [1.82, 2.24) is 5.32 Å². The Bertz CT molecular complexity index is 486. The van der Waals surface area contributed by atoms with E-state index in [0.717, 1.165) is 10.0 Å². The van der Waals surface area contributed by atoms with Crippen LogP contribution in [0.4, 0.5) is 13.2 Å². The summed E-state index contributed by atoms with van der Waals surface area (Å²) in [5, 5.41) is 2.99. The summed E-state index contributed by atoms with van der Waals surface area (Å²) >= 11 is 3.35. The van der Waals surface area contributed by atoms with E-state index in [1.54, 1.807) is 6.07 Å². The number of alkyl halides is 3. The number of rotatable bonds is 8. The topological polar surface area (TPSA) is 30.5 Å². The number of terminal acetylenes is 1. The fraction of sp³-hybridized carbons (Fsp3) is 0.429. The monoisotopic (exact) mass is 365 g/mol. The summed E-state index contributed by atoms with van der Waals surface area (Å²) in [6, 6.07) is 5.45. The highest BCUT2D eigenvalue weighted by Gasteiger charge is 2.27. The predicted octanol–water partition coefficient (Wildman–Crippen LogP) is 3.13. The first-order valence-corrected chi connectivity index (χ1v) is 6.91. The highest BCUT2D eigenvalue weighted by Crippen LogP contribution is 2.23. The molecule has 0 atom stereocenters. The fourth-order valence-corrected chi connectivity index (χ4v) is 1.91. The summed E-state index contributed by atoms with van der Waals surface area (Å²) in [4.78, 5) is 0. The Morgan fingerprint density at radius 3 is 2.76 bits per heavy atom. The maximum atomic E-state index is 11.9. The second-order valence-corrected chi connectivity index (χ2v) is 5.01. The Hall–Kier alpha value is -1.23. The van der Waals surface area contributed by atoms with E-state index in [1.807, 2.05) is 12.1 Å². The second-order valence-electron chi connectivity index (χ2n) is 4.09. The number of nitrogens with one attached hydrogen (secondary N) is 1. The van der Waals surface area contributed by atoms with Crippen molar-refractivity contribution < 1.29 is 22.6 Å². The van der Waals surface area contributed by atoms with Crippen LogP contribution in [0.2, 0.25) is 0 Å². The normalized spacial score (nSPS) is 11.2. The molecule has 1 rings (SSSR count). The molecule has 0 amide bonds. The summed E-state index contributed by atoms with van der Waals surface area (Å²) in [5.74, 6) is 3.01. The third-order valence-corrected chi connectivity index (χ3v) is 2.83. The van der Waals surface area contributed by atoms with Crippen LogP contribution in [-0.4, -0.2) is 32.5 Å². The Labute approximate surface area is 129 Å². The zero-order valence-electron chi connectivity index (χ0n) is 11.2. The molecule has 7 heteroatoms. The van der Waals surface area contributed by atoms with Crippen molar-refractivity contribution in [2.24, 2.45) is 0 Å². The van der Waals surface area contributed by atoms with Gasteiger partial charge in [0.25, 0.3) is 0 Å². The highest BCUT2D eigenvalue weighted by atomic mass is 79.9. The van der Waals surface area contributed by atoms with Gasteiger partial charge in [0.1, 0.15) is 19.0 Å². The molecule has 0 saturated carbocycles. The quantitative estimate of drug-likeness (QED) is 0.567. The van der Waals surface area contributed by atoms with Crippen molar-refractivity contribution in [3.05, 3.63) is 28.2 Å². The van der Waals surface area contributed by atoms with E-state index in [2.05, 4.69) is 31.9 Å². The Balaban J connectivity index is 2.37. The molecule has 0 aliphatic heterocycles. The molecule has 0 heterocycles. The second kappa shape index (κ2) is 8.93. The molecule has 0 aliphatic carbocycles. The first-order chi connectivity index (χ1) is 9.92. The molecule has 0 spiro atoms. The zero-order chi connectivity index (χ0) is 15.7. The molecule has 0 radical (unpaired) electrons. The molecule has 0 aliphatic rings. The first-order valence-electron chi connectivity index (χ1n) is 6.12. The Morgan fingerprint density at radius 1 is 1.33 bits per heavy atom. The Morgan fingerprint density at radius 2 is 2.10 bits per heavy atom. The van der Waals surface area contributed by atoms with Crippen molar-refractivity contribution in [2.75, 3.05) is 26.4 Å². The van der Waals surface area contributed by atoms with E-state index < -0.39 is 12.8 Å². The van der Waals surface area contributed by atoms with Crippen molar-refractivity contribution in [2.45, 2.75) is 12.7 Å². The van der Waals surface area contributed by atoms with E-state index >= 15 is 0 Å². The van der Waals surface area contributed by atoms with Crippen LogP contribution in [0.3, 0.4) is 0 Å². The van der Waals surface area contributed by atoms with Crippen molar-refractivity contribution >= 4 is 15.9 Å². The molecule has 0 bridgehead atoms. The molecule has 0 aromatic heterocycles. The van der Waals surface area contributed by atoms with Crippen LogP contribution >= 0.6 is 15.9 Å². The minimum Gasteiger partial charge on any atom is -0.481 e. The maximum absolute atomic E-state index is 11.9. The largest absolute Gasteiger partial charge is 0.481 e. The molecule has 3 nitrogen and oxygen atoms in total. The average molecular weight is 366 g/mol. The highest BCUT2D eigenvalue weighted by molar-refractivity contribution is 9.10. The van der Waals surface area contributed by atoms with Gasteiger partial charge < -0.3 is 14.8 Å². The SMILES string of the molecule is C#CCOc1ccc(Br)cc1CNCCOCC(F)(F)F. The molecule has 1 aromatic carbocycles. The van der Waals surface area contributed by atoms with Gasteiger partial charge in [-0.25, -0.2) is 0 Å². The minimum atomic E-state index is -4.29. The summed E-state index contributed by atoms with van der Waals surface area (Å²) in [6.45, 7) is -0.356. The molecule has 0 unspecified atom stereocenters. The smallest absolute Gasteiger partial charge is 0.411 e. The molecule has 1 N–H and O–H groups in total. The predicted molar refractivity (Wildman–Crippen MR) is 77.1 cm³/mol. The zero-order valence-corrected chi connectivity index (χ0v) is 12.8. The first kappa shape index (κ1) is 17.8. The van der Waals surface area contributed by atoms with Gasteiger partial charge in [0, 0.05) is 23.1 Å². The fourth-order valence-electron chi connectivity index (χ4n) is 1.50. The lowest BCUT2D eigenvalue weighted by atomic mass is 10.2. The van der Waals surface area contributed by atoms with Gasteiger partial charge in [0.2, 0.25) is 0 Å². The van der Waals surface area contributed by atoms with Crippen LogP contribution in [-0.2, 0) is 11.3 Å². The van der Waals surface area contributed by atoms with Crippen LogP contribution in [0.25, 0.3) is 0 Å². The summed E-state index contributed by atoms with van der Waals surface area (Å²) in [5.41, 5.74) is 0.857. The van der Waals surface area contributed by atoms with Gasteiger partial charge in [-0.1, -0.05) is 21.9 Å². The third kappa shape index (κ3) is 7.95. The van der Waals surface area contributed by atoms with Crippen LogP contribution in [0.15, 0.2) is 22.7 Å². The molecule has 1 aromatic rings. The lowest BCUT2D eigenvalue weighted by molar-refractivity contribution is -0.173. The number of hydrogen-bond donors (Lipinski definition) is 1. The van der Waals surface area contributed by atoms with Crippen LogP contribution in [0.1, 0.15) is 5.56 Å². The minimum absolute atomic E-state index is 0.0198. The number of hydrogen-bond acceptors (Lipinski definition) is 3. The van der Waals surface area contributed by atoms with Gasteiger partial charge >= 0.3 is 6.18 Å². The molecular formula is C14H15BrF3NO2. The molecule has 0 saturated heterocycles. The third-order valence-electron chi connectivity index (χ3n) is 2.34. The standard InChI is InChI=1S/C14H15BrF3NO2/c1-2-6-21-13-4-3-12(15)8-11(13)9-19-5-7-20-10-14(16,17)18/h1,3-4,8,19H,5-7,9-10H2. The van der Waals surface area contributed by atoms with Crippen molar-refractivity contribution in [3.63, 3.8) is 0 Å². The molecule has 21 heavy (non-hydrogen) atoms. The molecule has 116 valence electrons. The number of halogens is 4. The van der Waals surface area contributed by atoms with Crippen molar-refractivity contribution in [3.8, 4) is 18.1 Å².